The minimum atomic E-state index is 0.170. The molecule has 1 aliphatic rings. The molecule has 1 aliphatic heterocycles. The molecule has 1 aromatic carbocycles. The summed E-state index contributed by atoms with van der Waals surface area (Å²) in [4.78, 5) is 8.67. The van der Waals surface area contributed by atoms with Gasteiger partial charge in [-0.1, -0.05) is 23.2 Å². The van der Waals surface area contributed by atoms with E-state index in [2.05, 4.69) is 15.3 Å². The van der Waals surface area contributed by atoms with Gasteiger partial charge in [0.2, 0.25) is 0 Å². The number of nitrogens with one attached hydrogen (secondary N) is 2. The van der Waals surface area contributed by atoms with Crippen LogP contribution in [-0.2, 0) is 11.3 Å². The fourth-order valence-electron chi connectivity index (χ4n) is 3.60. The third-order valence-electron chi connectivity index (χ3n) is 5.56. The Morgan fingerprint density at radius 3 is 2.79 bits per heavy atom. The van der Waals surface area contributed by atoms with E-state index in [0.717, 1.165) is 24.4 Å². The molecule has 33 heavy (non-hydrogen) atoms. The first kappa shape index (κ1) is 23.3. The van der Waals surface area contributed by atoms with Gasteiger partial charge in [-0.2, -0.15) is 0 Å². The normalized spacial score (nSPS) is 15.5. The highest BCUT2D eigenvalue weighted by Gasteiger charge is 2.18. The van der Waals surface area contributed by atoms with Crippen molar-refractivity contribution in [2.45, 2.75) is 32.9 Å². The molecule has 4 N–H and O–H groups in total. The summed E-state index contributed by atoms with van der Waals surface area (Å²) in [5.41, 5.74) is 10.4. The minimum absolute atomic E-state index is 0.170. The second-order valence-electron chi connectivity index (χ2n) is 7.99. The zero-order valence-corrected chi connectivity index (χ0v) is 19.9. The molecule has 1 atom stereocenters. The lowest BCUT2D eigenvalue weighted by Crippen LogP contribution is -2.20. The van der Waals surface area contributed by atoms with E-state index in [-0.39, 0.29) is 18.4 Å². The average Bonchev–Trinajstić information content (AvgIpc) is 3.31. The van der Waals surface area contributed by atoms with E-state index in [9.17, 15) is 0 Å². The topological polar surface area (TPSA) is 106 Å². The molecule has 0 spiro atoms. The van der Waals surface area contributed by atoms with Crippen LogP contribution in [-0.4, -0.2) is 34.9 Å². The number of nitrogens with two attached hydrogens (primary N) is 1. The summed E-state index contributed by atoms with van der Waals surface area (Å²) in [5, 5.41) is 13.0. The molecule has 0 saturated carbocycles. The highest BCUT2D eigenvalue weighted by atomic mass is 35.5. The average molecular weight is 486 g/mol. The Balaban J connectivity index is 1.52. The minimum Gasteiger partial charge on any atom is -0.489 e. The largest absolute Gasteiger partial charge is 0.489 e. The number of hydrogen-bond acceptors (Lipinski definition) is 7. The third-order valence-corrected chi connectivity index (χ3v) is 6.38. The highest BCUT2D eigenvalue weighted by molar-refractivity contribution is 6.36. The highest BCUT2D eigenvalue weighted by Crippen LogP contribution is 2.29. The van der Waals surface area contributed by atoms with E-state index < -0.39 is 0 Å². The van der Waals surface area contributed by atoms with Gasteiger partial charge in [0, 0.05) is 41.4 Å². The van der Waals surface area contributed by atoms with E-state index in [0.29, 0.717) is 50.5 Å². The van der Waals surface area contributed by atoms with Crippen LogP contribution in [0.1, 0.15) is 34.4 Å². The van der Waals surface area contributed by atoms with Crippen LogP contribution in [0.2, 0.25) is 10.0 Å². The van der Waals surface area contributed by atoms with Crippen LogP contribution in [0.5, 0.6) is 5.75 Å². The summed E-state index contributed by atoms with van der Waals surface area (Å²) in [7, 11) is 0. The molecule has 0 amide bonds. The molecule has 3 aromatic rings. The van der Waals surface area contributed by atoms with Gasteiger partial charge in [0.25, 0.3) is 0 Å². The van der Waals surface area contributed by atoms with Gasteiger partial charge in [0.05, 0.1) is 34.1 Å². The summed E-state index contributed by atoms with van der Waals surface area (Å²) in [5.74, 6) is 1.35. The van der Waals surface area contributed by atoms with Crippen LogP contribution in [0.4, 0.5) is 11.5 Å². The van der Waals surface area contributed by atoms with Crippen molar-refractivity contribution in [3.63, 3.8) is 0 Å². The van der Waals surface area contributed by atoms with Crippen molar-refractivity contribution in [1.82, 2.24) is 9.97 Å². The zero-order valence-electron chi connectivity index (χ0n) is 18.4. The summed E-state index contributed by atoms with van der Waals surface area (Å²) >= 11 is 12.6. The number of aryl methyl sites for hydroxylation is 2. The number of nitrogen functional groups attached to an aromatic ring is 1. The van der Waals surface area contributed by atoms with Crippen molar-refractivity contribution >= 4 is 40.4 Å². The van der Waals surface area contributed by atoms with Crippen molar-refractivity contribution in [3.05, 3.63) is 74.7 Å². The predicted molar refractivity (Wildman–Crippen MR) is 132 cm³/mol. The first-order valence-electron chi connectivity index (χ1n) is 10.6. The molecule has 0 aliphatic carbocycles. The maximum atomic E-state index is 8.73. The Morgan fingerprint density at radius 1 is 1.24 bits per heavy atom. The summed E-state index contributed by atoms with van der Waals surface area (Å²) in [6.07, 6.45) is 4.19. The number of anilines is 2. The molecule has 2 aromatic heterocycles. The third kappa shape index (κ3) is 5.21. The van der Waals surface area contributed by atoms with Gasteiger partial charge in [-0.05, 0) is 50.1 Å². The van der Waals surface area contributed by atoms with Crippen LogP contribution in [0.15, 0.2) is 36.7 Å². The number of hydrogen-bond donors (Lipinski definition) is 3. The Bertz CT molecular complexity index is 1200. The van der Waals surface area contributed by atoms with Gasteiger partial charge in [0.15, 0.2) is 0 Å². The maximum Gasteiger partial charge on any atom is 0.129 e. The van der Waals surface area contributed by atoms with E-state index >= 15 is 0 Å². The van der Waals surface area contributed by atoms with E-state index in [4.69, 9.17) is 43.8 Å². The van der Waals surface area contributed by atoms with Crippen molar-refractivity contribution < 1.29 is 9.47 Å². The smallest absolute Gasteiger partial charge is 0.129 e. The Labute approximate surface area is 202 Å². The summed E-state index contributed by atoms with van der Waals surface area (Å²) in [6.45, 7) is 5.38. The lowest BCUT2D eigenvalue weighted by Gasteiger charge is -2.16. The second-order valence-corrected chi connectivity index (χ2v) is 8.78. The van der Waals surface area contributed by atoms with Gasteiger partial charge in [-0.3, -0.25) is 10.4 Å². The van der Waals surface area contributed by atoms with Gasteiger partial charge in [0.1, 0.15) is 18.2 Å². The maximum absolute atomic E-state index is 8.73. The fourth-order valence-corrected chi connectivity index (χ4v) is 4.05. The summed E-state index contributed by atoms with van der Waals surface area (Å²) < 4.78 is 11.3. The molecule has 0 bridgehead atoms. The Hall–Kier alpha value is -2.87. The SMILES string of the molecule is Cc1cc(C(=N)c2cc(OCc3c(Cl)cnc(C)c3Cl)ccc2N)cnc1NC1CCOC1. The molecule has 7 nitrogen and oxygen atoms in total. The molecular formula is C24H25Cl2N5O2. The molecule has 172 valence electrons. The molecule has 9 heteroatoms. The first-order valence-corrected chi connectivity index (χ1v) is 11.3. The second kappa shape index (κ2) is 9.95. The lowest BCUT2D eigenvalue weighted by atomic mass is 10.0. The number of ether oxygens (including phenoxy) is 2. The van der Waals surface area contributed by atoms with Gasteiger partial charge < -0.3 is 20.5 Å². The number of benzene rings is 1. The van der Waals surface area contributed by atoms with Crippen molar-refractivity contribution in [2.24, 2.45) is 0 Å². The Kier molecular flexibility index (Phi) is 7.02. The van der Waals surface area contributed by atoms with Crippen LogP contribution in [0.3, 0.4) is 0 Å². The quantitative estimate of drug-likeness (QED) is 0.314. The van der Waals surface area contributed by atoms with Crippen molar-refractivity contribution in [2.75, 3.05) is 24.3 Å². The van der Waals surface area contributed by atoms with Crippen molar-refractivity contribution in [1.29, 1.82) is 5.41 Å². The number of nitrogens with zero attached hydrogens (tertiary/aromatic N) is 2. The number of aromatic nitrogens is 2. The van der Waals surface area contributed by atoms with Crippen LogP contribution in [0.25, 0.3) is 0 Å². The monoisotopic (exact) mass is 485 g/mol. The van der Waals surface area contributed by atoms with E-state index in [1.807, 2.05) is 19.9 Å². The van der Waals surface area contributed by atoms with Crippen LogP contribution < -0.4 is 15.8 Å². The van der Waals surface area contributed by atoms with Crippen molar-refractivity contribution in [3.8, 4) is 5.75 Å². The molecule has 1 unspecified atom stereocenters. The number of rotatable bonds is 7. The summed E-state index contributed by atoms with van der Waals surface area (Å²) in [6, 6.07) is 7.40. The van der Waals surface area contributed by atoms with Crippen LogP contribution >= 0.6 is 23.2 Å². The molecule has 1 saturated heterocycles. The van der Waals surface area contributed by atoms with E-state index in [1.165, 1.54) is 0 Å². The molecule has 4 rings (SSSR count). The predicted octanol–water partition coefficient (Wildman–Crippen LogP) is 5.18. The van der Waals surface area contributed by atoms with Gasteiger partial charge >= 0.3 is 0 Å². The first-order chi connectivity index (χ1) is 15.8. The standard InChI is InChI=1S/C24H25Cl2N5O2/c1-13-7-15(9-30-24(13)31-16-5-6-32-11-16)23(28)18-8-17(3-4-21(18)27)33-12-19-20(25)10-29-14(2)22(19)26/h3-4,7-10,16,28H,5-6,11-12,27H2,1-2H3,(H,30,31). The van der Waals surface area contributed by atoms with Gasteiger partial charge in [-0.25, -0.2) is 4.98 Å². The molecule has 3 heterocycles. The molecule has 1 fully saturated rings. The molecule has 0 radical (unpaired) electrons. The fraction of sp³-hybridized carbons (Fsp3) is 0.292. The zero-order chi connectivity index (χ0) is 23.5. The van der Waals surface area contributed by atoms with Gasteiger partial charge in [-0.15, -0.1) is 0 Å². The number of halogens is 2. The Morgan fingerprint density at radius 2 is 2.06 bits per heavy atom. The number of pyridine rings is 2. The van der Waals surface area contributed by atoms with Crippen LogP contribution in [0, 0.1) is 19.3 Å². The van der Waals surface area contributed by atoms with E-state index in [1.54, 1.807) is 30.6 Å². The lowest BCUT2D eigenvalue weighted by molar-refractivity contribution is 0.195. The molecular weight excluding hydrogens is 461 g/mol.